The van der Waals surface area contributed by atoms with E-state index in [-0.39, 0.29) is 6.10 Å². The van der Waals surface area contributed by atoms with Crippen LogP contribution in [0.2, 0.25) is 0 Å². The van der Waals surface area contributed by atoms with Crippen molar-refractivity contribution in [2.75, 3.05) is 0 Å². The van der Waals surface area contributed by atoms with Crippen LogP contribution in [0.5, 0.6) is 0 Å². The smallest absolute Gasteiger partial charge is 0.155 e. The van der Waals surface area contributed by atoms with Crippen molar-refractivity contribution < 1.29 is 9.90 Å². The molecule has 0 saturated heterocycles. The van der Waals surface area contributed by atoms with Crippen LogP contribution in [0, 0.1) is 35.0 Å². The first-order chi connectivity index (χ1) is 10.5. The predicted octanol–water partition coefficient (Wildman–Crippen LogP) is 4.13. The van der Waals surface area contributed by atoms with E-state index in [9.17, 15) is 9.90 Å². The molecule has 0 aromatic heterocycles. The van der Waals surface area contributed by atoms with Crippen molar-refractivity contribution in [2.24, 2.45) is 35.0 Å². The first kappa shape index (κ1) is 14.9. The Morgan fingerprint density at radius 2 is 1.95 bits per heavy atom. The number of aliphatic hydroxyl groups is 1. The van der Waals surface area contributed by atoms with Gasteiger partial charge in [0.15, 0.2) is 5.78 Å². The van der Waals surface area contributed by atoms with Gasteiger partial charge >= 0.3 is 0 Å². The van der Waals surface area contributed by atoms with Crippen molar-refractivity contribution in [3.63, 3.8) is 0 Å². The Morgan fingerprint density at radius 1 is 1.14 bits per heavy atom. The minimum atomic E-state index is -0.155. The quantitative estimate of drug-likeness (QED) is 0.791. The van der Waals surface area contributed by atoms with Gasteiger partial charge in [-0.1, -0.05) is 12.5 Å². The second-order valence-electron chi connectivity index (χ2n) is 8.77. The van der Waals surface area contributed by atoms with Crippen LogP contribution >= 0.6 is 0 Å². The van der Waals surface area contributed by atoms with Crippen molar-refractivity contribution in [2.45, 2.75) is 71.3 Å². The molecule has 0 spiro atoms. The third kappa shape index (κ3) is 2.06. The number of rotatable bonds is 1. The van der Waals surface area contributed by atoms with Crippen LogP contribution in [0.3, 0.4) is 0 Å². The van der Waals surface area contributed by atoms with Crippen LogP contribution in [0.4, 0.5) is 0 Å². The SMILES string of the molecule is CC(O)C1CCC2C3CCC4=CC(=O)CCC4C3CC[C@]12C. The highest BCUT2D eigenvalue weighted by atomic mass is 16.3. The van der Waals surface area contributed by atoms with E-state index in [4.69, 9.17) is 0 Å². The molecule has 22 heavy (non-hydrogen) atoms. The third-order valence-electron chi connectivity index (χ3n) is 7.96. The topological polar surface area (TPSA) is 37.3 Å². The molecule has 0 aromatic carbocycles. The summed E-state index contributed by atoms with van der Waals surface area (Å²) in [6.45, 7) is 4.47. The zero-order chi connectivity index (χ0) is 15.5. The lowest BCUT2D eigenvalue weighted by molar-refractivity contribution is -0.116. The van der Waals surface area contributed by atoms with E-state index in [0.717, 1.165) is 37.0 Å². The van der Waals surface area contributed by atoms with E-state index in [1.165, 1.54) is 37.7 Å². The fraction of sp³-hybridized carbons (Fsp3) is 0.850. The fourth-order valence-electron chi connectivity index (χ4n) is 7.01. The Morgan fingerprint density at radius 3 is 2.73 bits per heavy atom. The predicted molar refractivity (Wildman–Crippen MR) is 87.3 cm³/mol. The van der Waals surface area contributed by atoms with Gasteiger partial charge in [-0.25, -0.2) is 0 Å². The number of ketones is 1. The third-order valence-corrected chi connectivity index (χ3v) is 7.96. The molecule has 1 N–H and O–H groups in total. The van der Waals surface area contributed by atoms with Crippen LogP contribution < -0.4 is 0 Å². The maximum Gasteiger partial charge on any atom is 0.155 e. The van der Waals surface area contributed by atoms with Crippen molar-refractivity contribution >= 4 is 5.78 Å². The monoisotopic (exact) mass is 302 g/mol. The van der Waals surface area contributed by atoms with Crippen LogP contribution in [0.1, 0.15) is 65.2 Å². The second-order valence-corrected chi connectivity index (χ2v) is 8.77. The van der Waals surface area contributed by atoms with E-state index < -0.39 is 0 Å². The van der Waals surface area contributed by atoms with Crippen molar-refractivity contribution in [3.05, 3.63) is 11.6 Å². The molecular weight excluding hydrogens is 272 g/mol. The van der Waals surface area contributed by atoms with Gasteiger partial charge in [-0.2, -0.15) is 0 Å². The van der Waals surface area contributed by atoms with Crippen molar-refractivity contribution in [1.29, 1.82) is 0 Å². The minimum Gasteiger partial charge on any atom is -0.393 e. The summed E-state index contributed by atoms with van der Waals surface area (Å²) in [6.07, 6.45) is 11.3. The maximum absolute atomic E-state index is 11.7. The molecule has 4 aliphatic rings. The van der Waals surface area contributed by atoms with E-state index in [1.54, 1.807) is 0 Å². The molecular formula is C20H30O2. The molecule has 2 nitrogen and oxygen atoms in total. The zero-order valence-electron chi connectivity index (χ0n) is 14.1. The molecule has 0 radical (unpaired) electrons. The molecule has 3 saturated carbocycles. The number of allylic oxidation sites excluding steroid dienone is 1. The Balaban J connectivity index is 1.61. The molecule has 0 aliphatic heterocycles. The number of aliphatic hydroxyl groups excluding tert-OH is 1. The Kier molecular flexibility index (Phi) is 3.52. The largest absolute Gasteiger partial charge is 0.393 e. The molecule has 3 fully saturated rings. The summed E-state index contributed by atoms with van der Waals surface area (Å²) >= 11 is 0. The van der Waals surface area contributed by atoms with Gasteiger partial charge in [-0.05, 0) is 93.0 Å². The van der Waals surface area contributed by atoms with Crippen LogP contribution in [-0.4, -0.2) is 17.0 Å². The molecule has 122 valence electrons. The molecule has 6 unspecified atom stereocenters. The average molecular weight is 302 g/mol. The second kappa shape index (κ2) is 5.19. The zero-order valence-corrected chi connectivity index (χ0v) is 14.1. The number of carbonyl (C=O) groups is 1. The Hall–Kier alpha value is -0.630. The summed E-state index contributed by atoms with van der Waals surface area (Å²) in [5.41, 5.74) is 1.84. The number of hydrogen-bond acceptors (Lipinski definition) is 2. The summed E-state index contributed by atoms with van der Waals surface area (Å²) in [5.74, 6) is 4.04. The van der Waals surface area contributed by atoms with Crippen molar-refractivity contribution in [1.82, 2.24) is 0 Å². The standard InChI is InChI=1S/C20H30O2/c1-12(21)18-7-8-19-17-5-3-13-11-14(22)4-6-15(13)16(17)9-10-20(18,19)2/h11-12,15-19,21H,3-10H2,1-2H3/t12?,15?,16?,17?,18?,19?,20-/m1/s1. The summed E-state index contributed by atoms with van der Waals surface area (Å²) in [6, 6.07) is 0. The first-order valence-electron chi connectivity index (χ1n) is 9.42. The molecule has 0 aromatic rings. The van der Waals surface area contributed by atoms with Gasteiger partial charge in [0.1, 0.15) is 0 Å². The summed E-state index contributed by atoms with van der Waals surface area (Å²) in [7, 11) is 0. The number of fused-ring (bicyclic) bond motifs is 5. The molecule has 0 bridgehead atoms. The highest BCUT2D eigenvalue weighted by molar-refractivity contribution is 5.91. The van der Waals surface area contributed by atoms with Gasteiger partial charge in [-0.3, -0.25) is 4.79 Å². The Labute approximate surface area is 134 Å². The molecule has 0 amide bonds. The average Bonchev–Trinajstić information content (AvgIpc) is 2.84. The molecule has 4 rings (SSSR count). The lowest BCUT2D eigenvalue weighted by Crippen LogP contribution is -2.47. The molecule has 7 atom stereocenters. The van der Waals surface area contributed by atoms with Crippen LogP contribution in [-0.2, 0) is 4.79 Å². The van der Waals surface area contributed by atoms with Gasteiger partial charge < -0.3 is 5.11 Å². The molecule has 4 aliphatic carbocycles. The van der Waals surface area contributed by atoms with Gasteiger partial charge in [0.05, 0.1) is 6.10 Å². The summed E-state index contributed by atoms with van der Waals surface area (Å²) in [4.78, 5) is 11.7. The fourth-order valence-corrected chi connectivity index (χ4v) is 7.01. The number of carbonyl (C=O) groups excluding carboxylic acids is 1. The first-order valence-corrected chi connectivity index (χ1v) is 9.42. The van der Waals surface area contributed by atoms with E-state index in [1.807, 2.05) is 13.0 Å². The highest BCUT2D eigenvalue weighted by Crippen LogP contribution is 2.64. The van der Waals surface area contributed by atoms with Crippen LogP contribution in [0.15, 0.2) is 11.6 Å². The van der Waals surface area contributed by atoms with E-state index >= 15 is 0 Å². The van der Waals surface area contributed by atoms with Gasteiger partial charge in [0, 0.05) is 6.42 Å². The normalized spacial score (nSPS) is 49.0. The molecule has 2 heteroatoms. The Bertz CT molecular complexity index is 506. The van der Waals surface area contributed by atoms with Crippen LogP contribution in [0.25, 0.3) is 0 Å². The number of hydrogen-bond donors (Lipinski definition) is 1. The van der Waals surface area contributed by atoms with E-state index in [2.05, 4.69) is 6.92 Å². The van der Waals surface area contributed by atoms with E-state index in [0.29, 0.717) is 23.0 Å². The summed E-state index contributed by atoms with van der Waals surface area (Å²) < 4.78 is 0. The maximum atomic E-state index is 11.7. The summed E-state index contributed by atoms with van der Waals surface area (Å²) in [5, 5.41) is 10.2. The van der Waals surface area contributed by atoms with Gasteiger partial charge in [0.25, 0.3) is 0 Å². The highest BCUT2D eigenvalue weighted by Gasteiger charge is 2.56. The van der Waals surface area contributed by atoms with Gasteiger partial charge in [0.2, 0.25) is 0 Å². The lowest BCUT2D eigenvalue weighted by atomic mass is 9.51. The lowest BCUT2D eigenvalue weighted by Gasteiger charge is -2.54. The minimum absolute atomic E-state index is 0.155. The molecule has 0 heterocycles. The van der Waals surface area contributed by atoms with Crippen molar-refractivity contribution in [3.8, 4) is 0 Å². The van der Waals surface area contributed by atoms with Gasteiger partial charge in [-0.15, -0.1) is 0 Å².